The second kappa shape index (κ2) is 7.50. The van der Waals surface area contributed by atoms with E-state index in [-0.39, 0.29) is 5.91 Å². The van der Waals surface area contributed by atoms with Crippen molar-refractivity contribution in [1.29, 1.82) is 0 Å². The maximum absolute atomic E-state index is 13.0. The van der Waals surface area contributed by atoms with Crippen molar-refractivity contribution in [3.63, 3.8) is 0 Å². The van der Waals surface area contributed by atoms with Crippen molar-refractivity contribution in [1.82, 2.24) is 19.4 Å². The number of fused-ring (bicyclic) bond motifs is 1. The minimum atomic E-state index is 0.236. The van der Waals surface area contributed by atoms with E-state index in [0.717, 1.165) is 37.3 Å². The van der Waals surface area contributed by atoms with Gasteiger partial charge in [0, 0.05) is 55.5 Å². The molecule has 0 bridgehead atoms. The first-order valence-electron chi connectivity index (χ1n) is 10.6. The van der Waals surface area contributed by atoms with Crippen LogP contribution >= 0.6 is 0 Å². The van der Waals surface area contributed by atoms with Gasteiger partial charge in [-0.15, -0.1) is 0 Å². The van der Waals surface area contributed by atoms with E-state index in [1.165, 1.54) is 23.7 Å². The highest BCUT2D eigenvalue weighted by molar-refractivity contribution is 5.89. The molecule has 2 aliphatic rings. The fourth-order valence-corrected chi connectivity index (χ4v) is 4.70. The zero-order valence-electron chi connectivity index (χ0n) is 16.9. The molecule has 0 atom stereocenters. The minimum absolute atomic E-state index is 0.236. The second-order valence-corrected chi connectivity index (χ2v) is 8.28. The van der Waals surface area contributed by atoms with Gasteiger partial charge in [0.05, 0.1) is 6.42 Å². The van der Waals surface area contributed by atoms with Crippen molar-refractivity contribution in [3.05, 3.63) is 54.6 Å². The Morgan fingerprint density at radius 3 is 2.59 bits per heavy atom. The van der Waals surface area contributed by atoms with E-state index in [4.69, 9.17) is 0 Å². The molecule has 1 saturated carbocycles. The van der Waals surface area contributed by atoms with E-state index >= 15 is 0 Å². The number of nitrogens with zero attached hydrogens (tertiary/aromatic N) is 5. The molecule has 0 unspecified atom stereocenters. The molecule has 1 aliphatic heterocycles. The molecule has 3 aromatic rings. The average molecular weight is 390 g/mol. The SMILES string of the molecule is Cn1cc(CC(=O)N2CCC(N(c3ccncn3)C3CC3)CC2)c2ccccc21. The van der Waals surface area contributed by atoms with Crippen LogP contribution in [-0.4, -0.2) is 50.5 Å². The zero-order valence-corrected chi connectivity index (χ0v) is 16.9. The lowest BCUT2D eigenvalue weighted by Gasteiger charge is -2.39. The van der Waals surface area contributed by atoms with Gasteiger partial charge in [0.25, 0.3) is 0 Å². The third-order valence-corrected chi connectivity index (χ3v) is 6.30. The summed E-state index contributed by atoms with van der Waals surface area (Å²) in [5, 5.41) is 1.18. The number of hydrogen-bond donors (Lipinski definition) is 0. The molecule has 1 amide bonds. The molecular formula is C23H27N5O. The summed E-state index contributed by atoms with van der Waals surface area (Å²) < 4.78 is 2.11. The predicted octanol–water partition coefficient (Wildman–Crippen LogP) is 3.17. The van der Waals surface area contributed by atoms with E-state index in [1.54, 1.807) is 6.33 Å². The van der Waals surface area contributed by atoms with Crippen LogP contribution in [0.2, 0.25) is 0 Å². The van der Waals surface area contributed by atoms with Gasteiger partial charge < -0.3 is 14.4 Å². The fourth-order valence-electron chi connectivity index (χ4n) is 4.70. The molecule has 0 spiro atoms. The van der Waals surface area contributed by atoms with Crippen LogP contribution < -0.4 is 4.90 Å². The van der Waals surface area contributed by atoms with Gasteiger partial charge in [-0.05, 0) is 43.4 Å². The van der Waals surface area contributed by atoms with Crippen LogP contribution in [0.15, 0.2) is 49.1 Å². The summed E-state index contributed by atoms with van der Waals surface area (Å²) in [6, 6.07) is 11.4. The lowest BCUT2D eigenvalue weighted by Crippen LogP contribution is -2.48. The largest absolute Gasteiger partial charge is 0.350 e. The Hall–Kier alpha value is -2.89. The number of amides is 1. The highest BCUT2D eigenvalue weighted by Gasteiger charge is 2.37. The first kappa shape index (κ1) is 18.2. The first-order valence-corrected chi connectivity index (χ1v) is 10.6. The molecule has 6 nitrogen and oxygen atoms in total. The molecule has 0 radical (unpaired) electrons. The normalized spacial score (nSPS) is 17.6. The minimum Gasteiger partial charge on any atom is -0.350 e. The van der Waals surface area contributed by atoms with Gasteiger partial charge in [0.2, 0.25) is 5.91 Å². The summed E-state index contributed by atoms with van der Waals surface area (Å²) in [5.41, 5.74) is 2.30. The molecule has 1 aliphatic carbocycles. The monoisotopic (exact) mass is 389 g/mol. The predicted molar refractivity (Wildman–Crippen MR) is 114 cm³/mol. The Kier molecular flexibility index (Phi) is 4.70. The van der Waals surface area contributed by atoms with Crippen molar-refractivity contribution >= 4 is 22.6 Å². The van der Waals surface area contributed by atoms with E-state index < -0.39 is 0 Å². The standard InChI is InChI=1S/C23H27N5O/c1-26-15-17(20-4-2-3-5-21(20)26)14-23(29)27-12-9-19(10-13-27)28(18-6-7-18)22-8-11-24-16-25-22/h2-5,8,11,15-16,18-19H,6-7,9-10,12-14H2,1H3. The Bertz CT molecular complexity index is 1000. The van der Waals surface area contributed by atoms with Crippen LogP contribution in [-0.2, 0) is 18.3 Å². The first-order chi connectivity index (χ1) is 14.2. The molecule has 3 heterocycles. The molecule has 6 heteroatoms. The third-order valence-electron chi connectivity index (χ3n) is 6.30. The van der Waals surface area contributed by atoms with Gasteiger partial charge in [-0.3, -0.25) is 4.79 Å². The van der Waals surface area contributed by atoms with E-state index in [0.29, 0.717) is 18.5 Å². The number of hydrogen-bond acceptors (Lipinski definition) is 4. The molecular weight excluding hydrogens is 362 g/mol. The maximum Gasteiger partial charge on any atom is 0.227 e. The summed E-state index contributed by atoms with van der Waals surface area (Å²) in [7, 11) is 2.04. The summed E-state index contributed by atoms with van der Waals surface area (Å²) in [6.45, 7) is 1.64. The van der Waals surface area contributed by atoms with Crippen LogP contribution in [0.1, 0.15) is 31.2 Å². The molecule has 5 rings (SSSR count). The number of carbonyl (C=O) groups excluding carboxylic acids is 1. The number of rotatable bonds is 5. The van der Waals surface area contributed by atoms with Crippen molar-refractivity contribution in [3.8, 4) is 0 Å². The van der Waals surface area contributed by atoms with Gasteiger partial charge in [-0.25, -0.2) is 9.97 Å². The Morgan fingerprint density at radius 2 is 1.86 bits per heavy atom. The van der Waals surface area contributed by atoms with Gasteiger partial charge >= 0.3 is 0 Å². The van der Waals surface area contributed by atoms with Crippen LogP contribution in [0.3, 0.4) is 0 Å². The number of carbonyl (C=O) groups is 1. The van der Waals surface area contributed by atoms with Gasteiger partial charge in [0.1, 0.15) is 12.1 Å². The topological polar surface area (TPSA) is 54.3 Å². The Labute approximate surface area is 171 Å². The highest BCUT2D eigenvalue weighted by atomic mass is 16.2. The zero-order chi connectivity index (χ0) is 19.8. The molecule has 1 aromatic carbocycles. The molecule has 2 aromatic heterocycles. The number of para-hydroxylation sites is 1. The van der Waals surface area contributed by atoms with Crippen LogP contribution in [0.4, 0.5) is 5.82 Å². The lowest BCUT2D eigenvalue weighted by molar-refractivity contribution is -0.131. The molecule has 29 heavy (non-hydrogen) atoms. The molecule has 0 N–H and O–H groups in total. The summed E-state index contributed by atoms with van der Waals surface area (Å²) >= 11 is 0. The molecule has 2 fully saturated rings. The number of anilines is 1. The van der Waals surface area contributed by atoms with Gasteiger partial charge in [0.15, 0.2) is 0 Å². The van der Waals surface area contributed by atoms with Crippen molar-refractivity contribution in [2.75, 3.05) is 18.0 Å². The third kappa shape index (κ3) is 3.59. The van der Waals surface area contributed by atoms with Gasteiger partial charge in [-0.2, -0.15) is 0 Å². The van der Waals surface area contributed by atoms with Crippen LogP contribution in [0, 0.1) is 0 Å². The van der Waals surface area contributed by atoms with Crippen molar-refractivity contribution in [2.45, 2.75) is 44.2 Å². The second-order valence-electron chi connectivity index (χ2n) is 8.28. The number of benzene rings is 1. The van der Waals surface area contributed by atoms with Crippen molar-refractivity contribution in [2.24, 2.45) is 7.05 Å². The Morgan fingerprint density at radius 1 is 1.10 bits per heavy atom. The fraction of sp³-hybridized carbons (Fsp3) is 0.435. The maximum atomic E-state index is 13.0. The molecule has 1 saturated heterocycles. The highest BCUT2D eigenvalue weighted by Crippen LogP contribution is 2.35. The molecule has 150 valence electrons. The Balaban J connectivity index is 1.25. The quantitative estimate of drug-likeness (QED) is 0.673. The number of aryl methyl sites for hydroxylation is 1. The number of piperidine rings is 1. The van der Waals surface area contributed by atoms with Crippen molar-refractivity contribution < 1.29 is 4.79 Å². The smallest absolute Gasteiger partial charge is 0.227 e. The summed E-state index contributed by atoms with van der Waals surface area (Å²) in [5.74, 6) is 1.27. The van der Waals surface area contributed by atoms with Gasteiger partial charge in [-0.1, -0.05) is 18.2 Å². The lowest BCUT2D eigenvalue weighted by atomic mass is 10.0. The summed E-state index contributed by atoms with van der Waals surface area (Å²) in [4.78, 5) is 26.1. The van der Waals surface area contributed by atoms with E-state index in [2.05, 4.69) is 37.8 Å². The van der Waals surface area contributed by atoms with Crippen LogP contribution in [0.5, 0.6) is 0 Å². The summed E-state index contributed by atoms with van der Waals surface area (Å²) in [6.07, 6.45) is 10.5. The van der Waals surface area contributed by atoms with E-state index in [9.17, 15) is 4.79 Å². The van der Waals surface area contributed by atoms with E-state index in [1.807, 2.05) is 36.3 Å². The average Bonchev–Trinajstić information content (AvgIpc) is 3.54. The van der Waals surface area contributed by atoms with Crippen LogP contribution in [0.25, 0.3) is 10.9 Å². The number of likely N-dealkylation sites (tertiary alicyclic amines) is 1. The number of aromatic nitrogens is 3.